The first kappa shape index (κ1) is 20.4. The number of fused-ring (bicyclic) bond motifs is 3. The number of halogens is 2. The van der Waals surface area contributed by atoms with Gasteiger partial charge in [-0.25, -0.2) is 4.65 Å². The Morgan fingerprint density at radius 2 is 1.97 bits per heavy atom. The van der Waals surface area contributed by atoms with Crippen LogP contribution >= 0.6 is 27.5 Å². The number of hydrogen-bond donors (Lipinski definition) is 0. The second kappa shape index (κ2) is 8.08. The molecule has 0 bridgehead atoms. The van der Waals surface area contributed by atoms with E-state index in [1.165, 1.54) is 0 Å². The normalized spacial score (nSPS) is 20.6. The fourth-order valence-electron chi connectivity index (χ4n) is 3.72. The van der Waals surface area contributed by atoms with Gasteiger partial charge < -0.3 is 5.21 Å². The van der Waals surface area contributed by atoms with E-state index >= 15 is 0 Å². The molecule has 29 heavy (non-hydrogen) atoms. The molecule has 4 rings (SSSR count). The first-order valence-electron chi connectivity index (χ1n) is 9.48. The summed E-state index contributed by atoms with van der Waals surface area (Å²) in [5.74, 6) is 0.825. The van der Waals surface area contributed by atoms with Gasteiger partial charge in [0.25, 0.3) is 5.84 Å². The summed E-state index contributed by atoms with van der Waals surface area (Å²) in [5.41, 5.74) is 2.78. The summed E-state index contributed by atoms with van der Waals surface area (Å²) in [6.45, 7) is 3.60. The molecule has 0 aliphatic carbocycles. The monoisotopic (exact) mass is 473 g/mol. The molecule has 0 N–H and O–H groups in total. The Bertz CT molecular complexity index is 1050. The van der Waals surface area contributed by atoms with E-state index in [1.54, 1.807) is 0 Å². The summed E-state index contributed by atoms with van der Waals surface area (Å²) in [7, 11) is 1.99. The van der Waals surface area contributed by atoms with Crippen LogP contribution < -0.4 is 4.65 Å². The Morgan fingerprint density at radius 1 is 1.17 bits per heavy atom. The maximum Gasteiger partial charge on any atom is 0.255 e. The Hall–Kier alpha value is -1.90. The van der Waals surface area contributed by atoms with Crippen LogP contribution in [0, 0.1) is 5.21 Å². The number of amidine groups is 2. The Morgan fingerprint density at radius 3 is 2.72 bits per heavy atom. The highest BCUT2D eigenvalue weighted by Crippen LogP contribution is 2.37. The van der Waals surface area contributed by atoms with E-state index in [9.17, 15) is 5.21 Å². The third-order valence-corrected chi connectivity index (χ3v) is 5.91. The van der Waals surface area contributed by atoms with Crippen LogP contribution in [0.15, 0.2) is 62.1 Å². The van der Waals surface area contributed by atoms with Gasteiger partial charge in [0, 0.05) is 21.1 Å². The zero-order valence-electron chi connectivity index (χ0n) is 16.3. The van der Waals surface area contributed by atoms with Gasteiger partial charge in [-0.05, 0) is 38.2 Å². The van der Waals surface area contributed by atoms with Crippen LogP contribution in [0.1, 0.15) is 24.5 Å². The zero-order valence-corrected chi connectivity index (χ0v) is 18.6. The fourth-order valence-corrected chi connectivity index (χ4v) is 4.31. The highest BCUT2D eigenvalue weighted by Gasteiger charge is 2.43. The molecule has 2 aliphatic heterocycles. The van der Waals surface area contributed by atoms with Gasteiger partial charge >= 0.3 is 0 Å². The second-order valence-corrected chi connectivity index (χ2v) is 8.51. The van der Waals surface area contributed by atoms with Crippen LogP contribution in [0.25, 0.3) is 0 Å². The zero-order chi connectivity index (χ0) is 20.6. The summed E-state index contributed by atoms with van der Waals surface area (Å²) >= 11 is 10.0. The molecule has 2 aliphatic rings. The van der Waals surface area contributed by atoms with Crippen molar-refractivity contribution in [2.45, 2.75) is 13.3 Å². The third-order valence-electron chi connectivity index (χ3n) is 5.09. The van der Waals surface area contributed by atoms with Crippen molar-refractivity contribution in [2.75, 3.05) is 26.7 Å². The molecule has 0 saturated carbocycles. The van der Waals surface area contributed by atoms with E-state index in [-0.39, 0.29) is 6.54 Å². The average molecular weight is 475 g/mol. The summed E-state index contributed by atoms with van der Waals surface area (Å²) in [5, 5.41) is 23.4. The van der Waals surface area contributed by atoms with Crippen molar-refractivity contribution in [3.63, 3.8) is 0 Å². The lowest BCUT2D eigenvalue weighted by atomic mass is 10.00. The van der Waals surface area contributed by atoms with Crippen molar-refractivity contribution in [2.24, 2.45) is 15.2 Å². The fraction of sp³-hybridized carbons (Fsp3) is 0.286. The van der Waals surface area contributed by atoms with Crippen molar-refractivity contribution in [3.8, 4) is 0 Å². The highest BCUT2D eigenvalue weighted by molar-refractivity contribution is 9.10. The third kappa shape index (κ3) is 3.58. The van der Waals surface area contributed by atoms with Crippen LogP contribution in [0.5, 0.6) is 0 Å². The molecule has 0 spiro atoms. The minimum absolute atomic E-state index is 0.168. The Labute approximate surface area is 183 Å². The molecule has 6 nitrogen and oxygen atoms in total. The number of quaternary nitrogens is 1. The molecule has 1 atom stereocenters. The molecule has 0 fully saturated rings. The van der Waals surface area contributed by atoms with Crippen LogP contribution in [0.2, 0.25) is 5.02 Å². The quantitative estimate of drug-likeness (QED) is 0.460. The molecule has 0 radical (unpaired) electrons. The van der Waals surface area contributed by atoms with Crippen LogP contribution in [0.4, 0.5) is 5.69 Å². The van der Waals surface area contributed by atoms with Gasteiger partial charge in [-0.2, -0.15) is 0 Å². The van der Waals surface area contributed by atoms with E-state index in [2.05, 4.69) is 38.0 Å². The largest absolute Gasteiger partial charge is 0.614 e. The summed E-state index contributed by atoms with van der Waals surface area (Å²) < 4.78 is 0.0810. The maximum absolute atomic E-state index is 14.3. The van der Waals surface area contributed by atoms with Gasteiger partial charge in [-0.1, -0.05) is 62.9 Å². The molecule has 2 heterocycles. The predicted molar refractivity (Wildman–Crippen MR) is 124 cm³/mol. The smallest absolute Gasteiger partial charge is 0.255 e. The Kier molecular flexibility index (Phi) is 5.68. The lowest BCUT2D eigenvalue weighted by molar-refractivity contribution is 0.374. The first-order valence-corrected chi connectivity index (χ1v) is 10.6. The molecule has 8 heteroatoms. The van der Waals surface area contributed by atoms with E-state index in [4.69, 9.17) is 16.6 Å². The Balaban J connectivity index is 1.86. The average Bonchev–Trinajstić information content (AvgIpc) is 2.93. The van der Waals surface area contributed by atoms with Gasteiger partial charge in [0.05, 0.1) is 17.8 Å². The lowest BCUT2D eigenvalue weighted by Gasteiger charge is -2.38. The lowest BCUT2D eigenvalue weighted by Crippen LogP contribution is -2.55. The molecular weight excluding hydrogens is 454 g/mol. The van der Waals surface area contributed by atoms with Gasteiger partial charge in [-0.3, -0.25) is 9.89 Å². The second-order valence-electron chi connectivity index (χ2n) is 7.19. The van der Waals surface area contributed by atoms with Crippen LogP contribution in [0.3, 0.4) is 0 Å². The van der Waals surface area contributed by atoms with Crippen molar-refractivity contribution in [3.05, 3.63) is 68.3 Å². The van der Waals surface area contributed by atoms with E-state index in [1.807, 2.05) is 49.5 Å². The molecule has 2 aromatic rings. The van der Waals surface area contributed by atoms with Crippen molar-refractivity contribution in [1.82, 2.24) is 9.55 Å². The first-order chi connectivity index (χ1) is 13.9. The number of hydrogen-bond acceptors (Lipinski definition) is 5. The standard InChI is InChI=1S/C21H21BrClN5O/c1-3-10-27(2)13-20-26-25-19-12-24-21(15-6-4-5-7-17(15)23)16-11-14(22)8-9-18(16)28(19,20)29/h4-9,11H,3,10,12-13H2,1-2H3. The summed E-state index contributed by atoms with van der Waals surface area (Å²) in [4.78, 5) is 6.84. The number of rotatable bonds is 5. The number of benzene rings is 2. The molecule has 0 aromatic heterocycles. The number of nitrogens with zero attached hydrogens (tertiary/aromatic N) is 5. The van der Waals surface area contributed by atoms with E-state index in [0.717, 1.165) is 28.6 Å². The number of likely N-dealkylation sites (N-methyl/N-ethyl adjacent to an activating group) is 1. The van der Waals surface area contributed by atoms with Crippen molar-refractivity contribution >= 4 is 50.6 Å². The van der Waals surface area contributed by atoms with Gasteiger partial charge in [-0.15, -0.1) is 0 Å². The van der Waals surface area contributed by atoms with Crippen LogP contribution in [-0.4, -0.2) is 49.0 Å². The molecule has 1 unspecified atom stereocenters. The summed E-state index contributed by atoms with van der Waals surface area (Å²) in [6.07, 6.45) is 1.000. The minimum atomic E-state index is -0.784. The van der Waals surface area contributed by atoms with E-state index in [0.29, 0.717) is 34.6 Å². The van der Waals surface area contributed by atoms with Gasteiger partial charge in [0.15, 0.2) is 5.69 Å². The van der Waals surface area contributed by atoms with Crippen LogP contribution in [-0.2, 0) is 0 Å². The number of aliphatic imine (C=N–C) groups is 1. The molecule has 2 aromatic carbocycles. The van der Waals surface area contributed by atoms with Crippen molar-refractivity contribution < 1.29 is 0 Å². The van der Waals surface area contributed by atoms with Crippen molar-refractivity contribution in [1.29, 1.82) is 0 Å². The molecule has 0 saturated heterocycles. The van der Waals surface area contributed by atoms with Gasteiger partial charge in [0.1, 0.15) is 6.54 Å². The molecule has 150 valence electrons. The highest BCUT2D eigenvalue weighted by atomic mass is 79.9. The summed E-state index contributed by atoms with van der Waals surface area (Å²) in [6, 6.07) is 13.2. The maximum atomic E-state index is 14.3. The molecular formula is C21H21BrClN5O. The number of hydroxylamine groups is 2. The topological polar surface area (TPSA) is 63.4 Å². The van der Waals surface area contributed by atoms with Gasteiger partial charge in [0.2, 0.25) is 5.84 Å². The predicted octanol–water partition coefficient (Wildman–Crippen LogP) is 4.83. The van der Waals surface area contributed by atoms with E-state index < -0.39 is 4.65 Å². The molecule has 0 amide bonds. The minimum Gasteiger partial charge on any atom is -0.614 e. The SMILES string of the molecule is CCCN(C)CC1=NN=C2CN=C(c3ccccc3Cl)c3cc(Br)ccc3[N+]21[O-].